The van der Waals surface area contributed by atoms with Crippen molar-refractivity contribution in [3.63, 3.8) is 0 Å². The van der Waals surface area contributed by atoms with Crippen LogP contribution in [0.15, 0.2) is 35.4 Å². The molecule has 4 nitrogen and oxygen atoms in total. The van der Waals surface area contributed by atoms with Gasteiger partial charge in [-0.1, -0.05) is 43.0 Å². The number of hydrogen-bond donors (Lipinski definition) is 1. The van der Waals surface area contributed by atoms with Crippen LogP contribution in [-0.4, -0.2) is 21.6 Å². The zero-order chi connectivity index (χ0) is 16.8. The summed E-state index contributed by atoms with van der Waals surface area (Å²) >= 11 is 1.44. The lowest BCUT2D eigenvalue weighted by Crippen LogP contribution is -2.28. The molecule has 2 rings (SSSR count). The van der Waals surface area contributed by atoms with Crippen LogP contribution >= 0.6 is 11.8 Å². The van der Waals surface area contributed by atoms with Crippen LogP contribution in [0.3, 0.4) is 0 Å². The summed E-state index contributed by atoms with van der Waals surface area (Å²) in [5.41, 5.74) is 3.34. The molecule has 23 heavy (non-hydrogen) atoms. The van der Waals surface area contributed by atoms with Crippen LogP contribution in [0, 0.1) is 13.8 Å². The van der Waals surface area contributed by atoms with Gasteiger partial charge in [0.05, 0.1) is 11.8 Å². The molecule has 1 aromatic heterocycles. The van der Waals surface area contributed by atoms with Crippen molar-refractivity contribution in [1.82, 2.24) is 15.3 Å². The second-order valence-corrected chi connectivity index (χ2v) is 6.56. The van der Waals surface area contributed by atoms with E-state index in [4.69, 9.17) is 0 Å². The fourth-order valence-corrected chi connectivity index (χ4v) is 3.12. The maximum Gasteiger partial charge on any atom is 0.230 e. The van der Waals surface area contributed by atoms with Gasteiger partial charge in [0.25, 0.3) is 0 Å². The van der Waals surface area contributed by atoms with E-state index in [0.717, 1.165) is 28.5 Å². The van der Waals surface area contributed by atoms with Crippen molar-refractivity contribution in [2.45, 2.75) is 45.2 Å². The molecule has 1 atom stereocenters. The summed E-state index contributed by atoms with van der Waals surface area (Å²) in [6.45, 7) is 7.93. The van der Waals surface area contributed by atoms with Gasteiger partial charge >= 0.3 is 0 Å². The third-order valence-corrected chi connectivity index (χ3v) is 4.47. The Hall–Kier alpha value is -1.88. The van der Waals surface area contributed by atoms with Gasteiger partial charge in [-0.05, 0) is 44.4 Å². The number of aromatic nitrogens is 2. The number of carbonyl (C=O) groups excluding carboxylic acids is 1. The molecular weight excluding hydrogens is 306 g/mol. The first-order chi connectivity index (χ1) is 11.0. The molecular formula is C18H23N3OS. The van der Waals surface area contributed by atoms with E-state index in [1.165, 1.54) is 17.3 Å². The van der Waals surface area contributed by atoms with Gasteiger partial charge in [-0.2, -0.15) is 0 Å². The van der Waals surface area contributed by atoms with Crippen molar-refractivity contribution in [3.8, 4) is 0 Å². The van der Waals surface area contributed by atoms with E-state index in [-0.39, 0.29) is 11.9 Å². The summed E-state index contributed by atoms with van der Waals surface area (Å²) in [5, 5.41) is 3.87. The SMILES string of the molecule is CCc1ccc(C(C)NC(=O)CSc2cc(C)nc(C)n2)cc1. The first-order valence-corrected chi connectivity index (χ1v) is 8.79. The summed E-state index contributed by atoms with van der Waals surface area (Å²) < 4.78 is 0. The molecule has 5 heteroatoms. The number of hydrogen-bond acceptors (Lipinski definition) is 4. The molecule has 0 bridgehead atoms. The third-order valence-electron chi connectivity index (χ3n) is 3.56. The van der Waals surface area contributed by atoms with Crippen LogP contribution in [0.2, 0.25) is 0 Å². The van der Waals surface area contributed by atoms with Crippen LogP contribution in [0.4, 0.5) is 0 Å². The zero-order valence-corrected chi connectivity index (χ0v) is 14.9. The van der Waals surface area contributed by atoms with Gasteiger partial charge in [0.2, 0.25) is 5.91 Å². The highest BCUT2D eigenvalue weighted by Gasteiger charge is 2.10. The van der Waals surface area contributed by atoms with Gasteiger partial charge in [0.15, 0.2) is 0 Å². The van der Waals surface area contributed by atoms with Crippen molar-refractivity contribution in [2.24, 2.45) is 0 Å². The summed E-state index contributed by atoms with van der Waals surface area (Å²) in [5.74, 6) is 1.10. The second-order valence-electron chi connectivity index (χ2n) is 5.57. The fourth-order valence-electron chi connectivity index (χ4n) is 2.30. The van der Waals surface area contributed by atoms with E-state index in [1.54, 1.807) is 0 Å². The summed E-state index contributed by atoms with van der Waals surface area (Å²) in [6.07, 6.45) is 1.02. The van der Waals surface area contributed by atoms with Gasteiger partial charge in [0.1, 0.15) is 10.9 Å². The van der Waals surface area contributed by atoms with Gasteiger partial charge in [-0.15, -0.1) is 0 Å². The van der Waals surface area contributed by atoms with Crippen molar-refractivity contribution in [2.75, 3.05) is 5.75 Å². The third kappa shape index (κ3) is 5.36. The molecule has 1 heterocycles. The number of nitrogens with one attached hydrogen (secondary N) is 1. The maximum atomic E-state index is 12.1. The highest BCUT2D eigenvalue weighted by Crippen LogP contribution is 2.17. The lowest BCUT2D eigenvalue weighted by Gasteiger charge is -2.14. The van der Waals surface area contributed by atoms with E-state index < -0.39 is 0 Å². The Balaban J connectivity index is 1.88. The molecule has 1 unspecified atom stereocenters. The average Bonchev–Trinajstić information content (AvgIpc) is 2.52. The molecule has 0 radical (unpaired) electrons. The molecule has 0 aliphatic carbocycles. The highest BCUT2D eigenvalue weighted by molar-refractivity contribution is 7.99. The molecule has 0 spiro atoms. The summed E-state index contributed by atoms with van der Waals surface area (Å²) in [4.78, 5) is 20.7. The minimum Gasteiger partial charge on any atom is -0.349 e. The second kappa shape index (κ2) is 8.11. The Kier molecular flexibility index (Phi) is 6.16. The van der Waals surface area contributed by atoms with Crippen LogP contribution in [-0.2, 0) is 11.2 Å². The number of carbonyl (C=O) groups is 1. The largest absolute Gasteiger partial charge is 0.349 e. The van der Waals surface area contributed by atoms with Gasteiger partial charge < -0.3 is 5.32 Å². The van der Waals surface area contributed by atoms with Gasteiger partial charge in [-0.25, -0.2) is 9.97 Å². The molecule has 2 aromatic rings. The Morgan fingerprint density at radius 2 is 1.91 bits per heavy atom. The first-order valence-electron chi connectivity index (χ1n) is 7.81. The molecule has 122 valence electrons. The van der Waals surface area contributed by atoms with Crippen molar-refractivity contribution < 1.29 is 4.79 Å². The fraction of sp³-hybridized carbons (Fsp3) is 0.389. The smallest absolute Gasteiger partial charge is 0.230 e. The van der Waals surface area contributed by atoms with Crippen LogP contribution < -0.4 is 5.32 Å². The topological polar surface area (TPSA) is 54.9 Å². The monoisotopic (exact) mass is 329 g/mol. The van der Waals surface area contributed by atoms with E-state index in [9.17, 15) is 4.79 Å². The molecule has 0 saturated heterocycles. The average molecular weight is 329 g/mol. The van der Waals surface area contributed by atoms with E-state index in [0.29, 0.717) is 5.75 Å². The van der Waals surface area contributed by atoms with E-state index >= 15 is 0 Å². The predicted octanol–water partition coefficient (Wildman–Crippen LogP) is 3.63. The van der Waals surface area contributed by atoms with Crippen molar-refractivity contribution in [3.05, 3.63) is 53.0 Å². The highest BCUT2D eigenvalue weighted by atomic mass is 32.2. The predicted molar refractivity (Wildman–Crippen MR) is 94.6 cm³/mol. The molecule has 1 N–H and O–H groups in total. The number of rotatable bonds is 6. The van der Waals surface area contributed by atoms with Crippen LogP contribution in [0.5, 0.6) is 0 Å². The van der Waals surface area contributed by atoms with E-state index in [1.807, 2.05) is 26.8 Å². The van der Waals surface area contributed by atoms with E-state index in [2.05, 4.69) is 46.5 Å². The number of thioether (sulfide) groups is 1. The van der Waals surface area contributed by atoms with Gasteiger partial charge in [-0.3, -0.25) is 4.79 Å². The van der Waals surface area contributed by atoms with Crippen LogP contribution in [0.25, 0.3) is 0 Å². The number of amides is 1. The number of benzene rings is 1. The number of nitrogens with zero attached hydrogens (tertiary/aromatic N) is 2. The lowest BCUT2D eigenvalue weighted by molar-refractivity contribution is -0.119. The Morgan fingerprint density at radius 3 is 2.52 bits per heavy atom. The maximum absolute atomic E-state index is 12.1. The molecule has 0 aliphatic heterocycles. The number of aryl methyl sites for hydroxylation is 3. The lowest BCUT2D eigenvalue weighted by atomic mass is 10.1. The zero-order valence-electron chi connectivity index (χ0n) is 14.1. The summed E-state index contributed by atoms with van der Waals surface area (Å²) in [6, 6.07) is 10.3. The quantitative estimate of drug-likeness (QED) is 0.649. The summed E-state index contributed by atoms with van der Waals surface area (Å²) in [7, 11) is 0. The first kappa shape index (κ1) is 17.5. The molecule has 0 fully saturated rings. The Bertz CT molecular complexity index is 650. The Morgan fingerprint density at radius 1 is 1.22 bits per heavy atom. The molecule has 1 amide bonds. The minimum absolute atomic E-state index is 0.00266. The Labute approximate surface area is 142 Å². The molecule has 0 saturated carbocycles. The molecule has 1 aromatic carbocycles. The molecule has 0 aliphatic rings. The normalized spacial score (nSPS) is 12.0. The standard InChI is InChI=1S/C18H23N3OS/c1-5-15-6-8-16(9-7-15)13(3)20-17(22)11-23-18-10-12(2)19-14(4)21-18/h6-10,13H,5,11H2,1-4H3,(H,20,22). The van der Waals surface area contributed by atoms with Crippen LogP contribution in [0.1, 0.15) is 42.5 Å². The van der Waals surface area contributed by atoms with Crippen molar-refractivity contribution >= 4 is 17.7 Å². The van der Waals surface area contributed by atoms with Gasteiger partial charge in [0, 0.05) is 5.69 Å². The van der Waals surface area contributed by atoms with Crippen molar-refractivity contribution in [1.29, 1.82) is 0 Å². The minimum atomic E-state index is 0.00266.